The Kier molecular flexibility index (Phi) is 7.18. The normalized spacial score (nSPS) is 14.3. The zero-order valence-corrected chi connectivity index (χ0v) is 17.5. The molecule has 1 fully saturated rings. The molecule has 0 atom stereocenters. The number of ether oxygens (including phenoxy) is 3. The molecule has 1 saturated heterocycles. The minimum Gasteiger partial charge on any atom is -0.493 e. The number of nitrogens with zero attached hydrogens (tertiary/aromatic N) is 2. The van der Waals surface area contributed by atoms with Crippen LogP contribution in [0.15, 0.2) is 35.1 Å². The van der Waals surface area contributed by atoms with Crippen molar-refractivity contribution in [2.45, 2.75) is 6.42 Å². The predicted molar refractivity (Wildman–Crippen MR) is 110 cm³/mol. The van der Waals surface area contributed by atoms with Crippen molar-refractivity contribution in [1.82, 2.24) is 9.80 Å². The van der Waals surface area contributed by atoms with Crippen molar-refractivity contribution in [2.24, 2.45) is 0 Å². The van der Waals surface area contributed by atoms with Crippen LogP contribution in [0.3, 0.4) is 0 Å². The van der Waals surface area contributed by atoms with Gasteiger partial charge < -0.3 is 28.8 Å². The number of carbonyl (C=O) groups is 2. The van der Waals surface area contributed by atoms with Gasteiger partial charge in [-0.3, -0.25) is 14.5 Å². The van der Waals surface area contributed by atoms with Gasteiger partial charge in [0.15, 0.2) is 11.5 Å². The topological polar surface area (TPSA) is 93.5 Å². The van der Waals surface area contributed by atoms with Crippen LogP contribution in [0, 0.1) is 0 Å². The fraction of sp³-hybridized carbons (Fsp3) is 0.429. The third-order valence-electron chi connectivity index (χ3n) is 5.03. The quantitative estimate of drug-likeness (QED) is 0.703. The smallest absolute Gasteiger partial charge is 0.257 e. The largest absolute Gasteiger partial charge is 0.493 e. The number of benzene rings is 1. The number of methoxy groups -OCH3 is 3. The molecule has 1 aliphatic rings. The van der Waals surface area contributed by atoms with Gasteiger partial charge in [-0.15, -0.1) is 0 Å². The lowest BCUT2D eigenvalue weighted by molar-refractivity contribution is -0.116. The van der Waals surface area contributed by atoms with E-state index in [4.69, 9.17) is 18.6 Å². The van der Waals surface area contributed by atoms with Crippen molar-refractivity contribution in [1.29, 1.82) is 0 Å². The molecular formula is C21H27N3O6. The minimum absolute atomic E-state index is 0.0245. The van der Waals surface area contributed by atoms with E-state index in [2.05, 4.69) is 10.2 Å². The molecule has 162 valence electrons. The van der Waals surface area contributed by atoms with Crippen LogP contribution in [0.25, 0.3) is 0 Å². The average molecular weight is 417 g/mol. The van der Waals surface area contributed by atoms with Gasteiger partial charge in [-0.1, -0.05) is 0 Å². The average Bonchev–Trinajstić information content (AvgIpc) is 3.31. The Bertz CT molecular complexity index is 835. The number of carbonyl (C=O) groups excluding carboxylic acids is 2. The molecule has 1 N–H and O–H groups in total. The van der Waals surface area contributed by atoms with E-state index in [-0.39, 0.29) is 11.8 Å². The molecule has 2 amide bonds. The molecule has 1 aromatic carbocycles. The van der Waals surface area contributed by atoms with Gasteiger partial charge in [0.25, 0.3) is 5.91 Å². The number of furan rings is 1. The highest BCUT2D eigenvalue weighted by atomic mass is 16.5. The van der Waals surface area contributed by atoms with Gasteiger partial charge in [0.05, 0.1) is 33.2 Å². The van der Waals surface area contributed by atoms with Gasteiger partial charge in [-0.05, 0) is 6.07 Å². The highest BCUT2D eigenvalue weighted by Crippen LogP contribution is 2.39. The van der Waals surface area contributed by atoms with Crippen LogP contribution in [0.5, 0.6) is 17.2 Å². The zero-order valence-electron chi connectivity index (χ0n) is 17.5. The summed E-state index contributed by atoms with van der Waals surface area (Å²) in [7, 11) is 4.58. The maximum Gasteiger partial charge on any atom is 0.257 e. The van der Waals surface area contributed by atoms with Gasteiger partial charge in [0, 0.05) is 57.0 Å². The number of amides is 2. The number of piperazine rings is 1. The first-order valence-corrected chi connectivity index (χ1v) is 9.69. The third kappa shape index (κ3) is 5.04. The molecule has 2 heterocycles. The summed E-state index contributed by atoms with van der Waals surface area (Å²) in [4.78, 5) is 28.7. The summed E-state index contributed by atoms with van der Waals surface area (Å²) >= 11 is 0. The second-order valence-corrected chi connectivity index (χ2v) is 6.86. The van der Waals surface area contributed by atoms with Crippen molar-refractivity contribution >= 4 is 17.5 Å². The van der Waals surface area contributed by atoms with Gasteiger partial charge in [0.1, 0.15) is 6.26 Å². The lowest BCUT2D eigenvalue weighted by Crippen LogP contribution is -2.49. The molecule has 0 saturated carbocycles. The number of rotatable bonds is 8. The molecule has 9 nitrogen and oxygen atoms in total. The summed E-state index contributed by atoms with van der Waals surface area (Å²) in [5, 5.41) is 2.87. The minimum atomic E-state index is -0.110. The molecule has 1 aliphatic heterocycles. The molecule has 3 rings (SSSR count). The van der Waals surface area contributed by atoms with Crippen molar-refractivity contribution in [3.8, 4) is 17.2 Å². The molecule has 2 aromatic rings. The van der Waals surface area contributed by atoms with E-state index in [9.17, 15) is 9.59 Å². The van der Waals surface area contributed by atoms with E-state index < -0.39 is 0 Å². The molecular weight excluding hydrogens is 390 g/mol. The third-order valence-corrected chi connectivity index (χ3v) is 5.03. The van der Waals surface area contributed by atoms with Gasteiger partial charge in [-0.25, -0.2) is 0 Å². The van der Waals surface area contributed by atoms with Crippen LogP contribution in [-0.2, 0) is 4.79 Å². The highest BCUT2D eigenvalue weighted by molar-refractivity contribution is 5.94. The van der Waals surface area contributed by atoms with Crippen molar-refractivity contribution in [3.63, 3.8) is 0 Å². The van der Waals surface area contributed by atoms with Crippen molar-refractivity contribution in [3.05, 3.63) is 36.3 Å². The Balaban J connectivity index is 1.48. The maximum absolute atomic E-state index is 12.4. The van der Waals surface area contributed by atoms with E-state index in [1.54, 1.807) is 23.1 Å². The lowest BCUT2D eigenvalue weighted by Gasteiger charge is -2.34. The predicted octanol–water partition coefficient (Wildman–Crippen LogP) is 2.09. The first-order valence-electron chi connectivity index (χ1n) is 9.69. The van der Waals surface area contributed by atoms with Crippen LogP contribution >= 0.6 is 0 Å². The number of hydrogen-bond acceptors (Lipinski definition) is 7. The molecule has 0 aliphatic carbocycles. The van der Waals surface area contributed by atoms with Crippen molar-refractivity contribution < 1.29 is 28.2 Å². The van der Waals surface area contributed by atoms with E-state index in [0.717, 1.165) is 13.1 Å². The summed E-state index contributed by atoms with van der Waals surface area (Å²) in [6.07, 6.45) is 3.30. The van der Waals surface area contributed by atoms with Crippen LogP contribution < -0.4 is 19.5 Å². The molecule has 0 spiro atoms. The van der Waals surface area contributed by atoms with E-state index >= 15 is 0 Å². The molecule has 0 radical (unpaired) electrons. The van der Waals surface area contributed by atoms with E-state index in [1.807, 2.05) is 0 Å². The fourth-order valence-electron chi connectivity index (χ4n) is 3.38. The zero-order chi connectivity index (χ0) is 21.5. The lowest BCUT2D eigenvalue weighted by atomic mass is 10.2. The number of anilines is 1. The second kappa shape index (κ2) is 10.0. The van der Waals surface area contributed by atoms with Crippen LogP contribution in [0.2, 0.25) is 0 Å². The van der Waals surface area contributed by atoms with Crippen molar-refractivity contribution in [2.75, 3.05) is 59.4 Å². The Hall–Kier alpha value is -3.20. The standard InChI is InChI=1S/C21H27N3O6/c1-27-17-12-16(13-18(28-2)20(17)29-3)22-19(25)4-6-23-7-9-24(10-8-23)21(26)15-5-11-30-14-15/h5,11-14H,4,6-10H2,1-3H3,(H,22,25). The highest BCUT2D eigenvalue weighted by Gasteiger charge is 2.23. The van der Waals surface area contributed by atoms with E-state index in [0.29, 0.717) is 54.6 Å². The van der Waals surface area contributed by atoms with Gasteiger partial charge in [-0.2, -0.15) is 0 Å². The van der Waals surface area contributed by atoms with Crippen LogP contribution in [0.4, 0.5) is 5.69 Å². The first-order chi connectivity index (χ1) is 14.5. The Labute approximate surface area is 175 Å². The van der Waals surface area contributed by atoms with E-state index in [1.165, 1.54) is 33.9 Å². The summed E-state index contributed by atoms with van der Waals surface area (Å²) < 4.78 is 20.9. The molecule has 30 heavy (non-hydrogen) atoms. The summed E-state index contributed by atoms with van der Waals surface area (Å²) in [5.74, 6) is 1.29. The molecule has 0 bridgehead atoms. The van der Waals surface area contributed by atoms with Crippen LogP contribution in [-0.4, -0.2) is 75.7 Å². The Morgan fingerprint density at radius 3 is 2.23 bits per heavy atom. The van der Waals surface area contributed by atoms with Gasteiger partial charge in [0.2, 0.25) is 11.7 Å². The number of nitrogens with one attached hydrogen (secondary N) is 1. The summed E-state index contributed by atoms with van der Waals surface area (Å²) in [6.45, 7) is 3.31. The van der Waals surface area contributed by atoms with Crippen LogP contribution in [0.1, 0.15) is 16.8 Å². The SMILES string of the molecule is COc1cc(NC(=O)CCN2CCN(C(=O)c3ccoc3)CC2)cc(OC)c1OC. The molecule has 0 unspecified atom stereocenters. The monoisotopic (exact) mass is 417 g/mol. The summed E-state index contributed by atoms with van der Waals surface area (Å²) in [5.41, 5.74) is 1.14. The summed E-state index contributed by atoms with van der Waals surface area (Å²) in [6, 6.07) is 5.06. The fourth-order valence-corrected chi connectivity index (χ4v) is 3.38. The van der Waals surface area contributed by atoms with Gasteiger partial charge >= 0.3 is 0 Å². The second-order valence-electron chi connectivity index (χ2n) is 6.86. The number of hydrogen-bond donors (Lipinski definition) is 1. The Morgan fingerprint density at radius 2 is 1.70 bits per heavy atom. The molecule has 9 heteroatoms. The molecule has 1 aromatic heterocycles. The first kappa shape index (κ1) is 21.5. The Morgan fingerprint density at radius 1 is 1.03 bits per heavy atom. The maximum atomic E-state index is 12.4.